The van der Waals surface area contributed by atoms with Crippen molar-refractivity contribution in [2.24, 2.45) is 11.1 Å². The van der Waals surface area contributed by atoms with Crippen molar-refractivity contribution in [3.05, 3.63) is 24.2 Å². The zero-order valence-electron chi connectivity index (χ0n) is 9.17. The molecule has 1 heterocycles. The van der Waals surface area contributed by atoms with Gasteiger partial charge in [0.1, 0.15) is 5.76 Å². The van der Waals surface area contributed by atoms with Gasteiger partial charge >= 0.3 is 0 Å². The van der Waals surface area contributed by atoms with Crippen LogP contribution in [0.1, 0.15) is 31.4 Å². The van der Waals surface area contributed by atoms with Crippen molar-refractivity contribution in [3.63, 3.8) is 0 Å². The summed E-state index contributed by atoms with van der Waals surface area (Å²) in [7, 11) is 0. The SMILES string of the molecule is NCC1(CCNCc2ccco2)CCC1. The largest absolute Gasteiger partial charge is 0.468 e. The number of furan rings is 1. The zero-order valence-corrected chi connectivity index (χ0v) is 9.17. The van der Waals surface area contributed by atoms with E-state index in [-0.39, 0.29) is 0 Å². The summed E-state index contributed by atoms with van der Waals surface area (Å²) in [6.45, 7) is 2.71. The van der Waals surface area contributed by atoms with Crippen LogP contribution in [0.5, 0.6) is 0 Å². The second-order valence-corrected chi connectivity index (χ2v) is 4.56. The van der Waals surface area contributed by atoms with Crippen LogP contribution in [0.15, 0.2) is 22.8 Å². The number of nitrogens with one attached hydrogen (secondary N) is 1. The molecular formula is C12H20N2O. The Kier molecular flexibility index (Phi) is 3.44. The maximum atomic E-state index is 5.80. The first-order valence-corrected chi connectivity index (χ1v) is 5.78. The van der Waals surface area contributed by atoms with Crippen LogP contribution in [-0.4, -0.2) is 13.1 Å². The third-order valence-corrected chi connectivity index (χ3v) is 3.56. The van der Waals surface area contributed by atoms with Gasteiger partial charge in [0.05, 0.1) is 12.8 Å². The molecule has 15 heavy (non-hydrogen) atoms. The summed E-state index contributed by atoms with van der Waals surface area (Å²) in [5.41, 5.74) is 6.25. The number of rotatable bonds is 6. The maximum Gasteiger partial charge on any atom is 0.117 e. The zero-order chi connectivity index (χ0) is 10.6. The van der Waals surface area contributed by atoms with E-state index in [4.69, 9.17) is 10.2 Å². The van der Waals surface area contributed by atoms with Gasteiger partial charge in [-0.05, 0) is 49.9 Å². The highest BCUT2D eigenvalue weighted by molar-refractivity contribution is 4.97. The van der Waals surface area contributed by atoms with Gasteiger partial charge in [-0.3, -0.25) is 0 Å². The minimum atomic E-state index is 0.455. The van der Waals surface area contributed by atoms with Gasteiger partial charge in [0.15, 0.2) is 0 Å². The minimum absolute atomic E-state index is 0.455. The Bertz CT molecular complexity index is 272. The molecule has 0 saturated heterocycles. The lowest BCUT2D eigenvalue weighted by Crippen LogP contribution is -2.39. The van der Waals surface area contributed by atoms with E-state index in [2.05, 4.69) is 5.32 Å². The van der Waals surface area contributed by atoms with Gasteiger partial charge in [0, 0.05) is 0 Å². The molecular weight excluding hydrogens is 188 g/mol. The van der Waals surface area contributed by atoms with Crippen molar-refractivity contribution in [3.8, 4) is 0 Å². The van der Waals surface area contributed by atoms with Crippen LogP contribution in [-0.2, 0) is 6.54 Å². The first-order valence-electron chi connectivity index (χ1n) is 5.78. The molecule has 0 atom stereocenters. The Morgan fingerprint density at radius 3 is 2.87 bits per heavy atom. The molecule has 3 nitrogen and oxygen atoms in total. The second kappa shape index (κ2) is 4.81. The third kappa shape index (κ3) is 2.61. The average molecular weight is 208 g/mol. The summed E-state index contributed by atoms with van der Waals surface area (Å²) in [5, 5.41) is 3.40. The van der Waals surface area contributed by atoms with E-state index in [0.717, 1.165) is 25.4 Å². The standard InChI is InChI=1S/C12H20N2O/c13-10-12(4-2-5-12)6-7-14-9-11-3-1-8-15-11/h1,3,8,14H,2,4-7,9-10,13H2. The summed E-state index contributed by atoms with van der Waals surface area (Å²) in [5.74, 6) is 1.01. The lowest BCUT2D eigenvalue weighted by atomic mass is 9.67. The van der Waals surface area contributed by atoms with Crippen molar-refractivity contribution in [1.82, 2.24) is 5.32 Å². The highest BCUT2D eigenvalue weighted by Gasteiger charge is 2.34. The molecule has 0 aromatic carbocycles. The van der Waals surface area contributed by atoms with Crippen LogP contribution in [0, 0.1) is 5.41 Å². The summed E-state index contributed by atoms with van der Waals surface area (Å²) in [6.07, 6.45) is 6.89. The predicted octanol–water partition coefficient (Wildman–Crippen LogP) is 1.89. The second-order valence-electron chi connectivity index (χ2n) is 4.56. The van der Waals surface area contributed by atoms with Gasteiger partial charge in [-0.1, -0.05) is 6.42 Å². The molecule has 1 aromatic heterocycles. The van der Waals surface area contributed by atoms with Gasteiger partial charge in [-0.25, -0.2) is 0 Å². The van der Waals surface area contributed by atoms with Crippen LogP contribution in [0.25, 0.3) is 0 Å². The fourth-order valence-corrected chi connectivity index (χ4v) is 2.21. The van der Waals surface area contributed by atoms with Crippen LogP contribution >= 0.6 is 0 Å². The molecule has 84 valence electrons. The lowest BCUT2D eigenvalue weighted by molar-refractivity contribution is 0.130. The molecule has 0 amide bonds. The number of hydrogen-bond donors (Lipinski definition) is 2. The molecule has 1 fully saturated rings. The third-order valence-electron chi connectivity index (χ3n) is 3.56. The quantitative estimate of drug-likeness (QED) is 0.702. The fourth-order valence-electron chi connectivity index (χ4n) is 2.21. The van der Waals surface area contributed by atoms with Gasteiger partial charge in [-0.2, -0.15) is 0 Å². The Morgan fingerprint density at radius 2 is 2.33 bits per heavy atom. The molecule has 2 rings (SSSR count). The molecule has 0 aliphatic heterocycles. The Hall–Kier alpha value is -0.800. The van der Waals surface area contributed by atoms with Gasteiger partial charge in [0.25, 0.3) is 0 Å². The summed E-state index contributed by atoms with van der Waals surface area (Å²) < 4.78 is 5.25. The van der Waals surface area contributed by atoms with Gasteiger partial charge in [-0.15, -0.1) is 0 Å². The van der Waals surface area contributed by atoms with E-state index in [1.54, 1.807) is 6.26 Å². The molecule has 0 unspecified atom stereocenters. The molecule has 1 saturated carbocycles. The van der Waals surface area contributed by atoms with Crippen molar-refractivity contribution >= 4 is 0 Å². The van der Waals surface area contributed by atoms with E-state index in [1.165, 1.54) is 25.7 Å². The minimum Gasteiger partial charge on any atom is -0.468 e. The van der Waals surface area contributed by atoms with Gasteiger partial charge in [0.2, 0.25) is 0 Å². The van der Waals surface area contributed by atoms with E-state index in [9.17, 15) is 0 Å². The predicted molar refractivity (Wildman–Crippen MR) is 60.4 cm³/mol. The Morgan fingerprint density at radius 1 is 1.47 bits per heavy atom. The smallest absolute Gasteiger partial charge is 0.117 e. The lowest BCUT2D eigenvalue weighted by Gasteiger charge is -2.41. The van der Waals surface area contributed by atoms with E-state index < -0.39 is 0 Å². The first kappa shape index (κ1) is 10.7. The fraction of sp³-hybridized carbons (Fsp3) is 0.667. The molecule has 0 spiro atoms. The van der Waals surface area contributed by atoms with E-state index >= 15 is 0 Å². The summed E-state index contributed by atoms with van der Waals surface area (Å²) >= 11 is 0. The molecule has 1 aliphatic rings. The molecule has 3 N–H and O–H groups in total. The summed E-state index contributed by atoms with van der Waals surface area (Å²) in [4.78, 5) is 0. The number of nitrogens with two attached hydrogens (primary N) is 1. The Labute approximate surface area is 91.0 Å². The van der Waals surface area contributed by atoms with Crippen molar-refractivity contribution in [1.29, 1.82) is 0 Å². The normalized spacial score (nSPS) is 18.7. The molecule has 3 heteroatoms. The van der Waals surface area contributed by atoms with E-state index in [0.29, 0.717) is 5.41 Å². The van der Waals surface area contributed by atoms with Crippen LogP contribution < -0.4 is 11.1 Å². The average Bonchev–Trinajstić information content (AvgIpc) is 2.68. The Balaban J connectivity index is 1.62. The van der Waals surface area contributed by atoms with Crippen LogP contribution in [0.3, 0.4) is 0 Å². The molecule has 0 bridgehead atoms. The van der Waals surface area contributed by atoms with Crippen LogP contribution in [0.2, 0.25) is 0 Å². The highest BCUT2D eigenvalue weighted by Crippen LogP contribution is 2.42. The molecule has 1 aromatic rings. The monoisotopic (exact) mass is 208 g/mol. The maximum absolute atomic E-state index is 5.80. The molecule has 1 aliphatic carbocycles. The summed E-state index contributed by atoms with van der Waals surface area (Å²) in [6, 6.07) is 3.92. The van der Waals surface area contributed by atoms with Crippen molar-refractivity contribution < 1.29 is 4.42 Å². The van der Waals surface area contributed by atoms with Crippen molar-refractivity contribution in [2.75, 3.05) is 13.1 Å². The van der Waals surface area contributed by atoms with Crippen LogP contribution in [0.4, 0.5) is 0 Å². The van der Waals surface area contributed by atoms with Crippen molar-refractivity contribution in [2.45, 2.75) is 32.2 Å². The first-order chi connectivity index (χ1) is 7.35. The number of hydrogen-bond acceptors (Lipinski definition) is 3. The molecule has 0 radical (unpaired) electrons. The highest BCUT2D eigenvalue weighted by atomic mass is 16.3. The van der Waals surface area contributed by atoms with Gasteiger partial charge < -0.3 is 15.5 Å². The topological polar surface area (TPSA) is 51.2 Å². The van der Waals surface area contributed by atoms with E-state index in [1.807, 2.05) is 12.1 Å².